The third-order valence-electron chi connectivity index (χ3n) is 4.86. The zero-order valence-electron chi connectivity index (χ0n) is 19.1. The van der Waals surface area contributed by atoms with E-state index in [2.05, 4.69) is 15.8 Å². The van der Waals surface area contributed by atoms with Crippen molar-refractivity contribution in [1.29, 1.82) is 0 Å². The predicted molar refractivity (Wildman–Crippen MR) is 133 cm³/mol. The van der Waals surface area contributed by atoms with Crippen molar-refractivity contribution in [3.05, 3.63) is 90.0 Å². The predicted octanol–water partition coefficient (Wildman–Crippen LogP) is 3.69. The Morgan fingerprint density at radius 2 is 1.62 bits per heavy atom. The van der Waals surface area contributed by atoms with Crippen LogP contribution in [0.2, 0.25) is 0 Å². The van der Waals surface area contributed by atoms with Crippen LogP contribution in [0.15, 0.2) is 88.9 Å². The Labute approximate surface area is 199 Å². The Bertz CT molecular complexity index is 1320. The van der Waals surface area contributed by atoms with Gasteiger partial charge in [-0.25, -0.2) is 13.8 Å². The molecule has 0 aliphatic carbocycles. The van der Waals surface area contributed by atoms with Crippen molar-refractivity contribution >= 4 is 38.9 Å². The van der Waals surface area contributed by atoms with E-state index in [1.807, 2.05) is 13.0 Å². The van der Waals surface area contributed by atoms with E-state index >= 15 is 0 Å². The maximum absolute atomic E-state index is 13.3. The van der Waals surface area contributed by atoms with Gasteiger partial charge in [0.1, 0.15) is 6.54 Å². The average Bonchev–Trinajstić information content (AvgIpc) is 2.81. The third-order valence-corrected chi connectivity index (χ3v) is 6.65. The summed E-state index contributed by atoms with van der Waals surface area (Å²) in [4.78, 5) is 24.1. The minimum Gasteiger partial charge on any atom is -0.326 e. The minimum atomic E-state index is -3.99. The Morgan fingerprint density at radius 1 is 0.912 bits per heavy atom. The fourth-order valence-corrected chi connectivity index (χ4v) is 4.65. The molecule has 0 aliphatic rings. The normalized spacial score (nSPS) is 11.6. The van der Waals surface area contributed by atoms with Gasteiger partial charge < -0.3 is 5.32 Å². The number of benzene rings is 3. The first-order chi connectivity index (χ1) is 16.2. The number of hydrogen-bond acceptors (Lipinski definition) is 5. The number of carbonyl (C=O) groups is 2. The first-order valence-corrected chi connectivity index (χ1v) is 12.0. The van der Waals surface area contributed by atoms with Crippen LogP contribution >= 0.6 is 0 Å². The van der Waals surface area contributed by atoms with E-state index in [-0.39, 0.29) is 10.8 Å². The molecule has 2 N–H and O–H groups in total. The summed E-state index contributed by atoms with van der Waals surface area (Å²) in [5.41, 5.74) is 5.46. The highest BCUT2D eigenvalue weighted by atomic mass is 32.2. The van der Waals surface area contributed by atoms with Crippen molar-refractivity contribution in [2.45, 2.75) is 25.7 Å². The smallest absolute Gasteiger partial charge is 0.264 e. The number of rotatable bonds is 8. The van der Waals surface area contributed by atoms with Crippen LogP contribution in [-0.4, -0.2) is 32.5 Å². The largest absolute Gasteiger partial charge is 0.326 e. The van der Waals surface area contributed by atoms with Gasteiger partial charge in [-0.3, -0.25) is 13.9 Å². The summed E-state index contributed by atoms with van der Waals surface area (Å²) in [6.07, 6.45) is 0. The summed E-state index contributed by atoms with van der Waals surface area (Å²) < 4.78 is 27.7. The van der Waals surface area contributed by atoms with Crippen molar-refractivity contribution in [3.63, 3.8) is 0 Å². The molecule has 34 heavy (non-hydrogen) atoms. The van der Waals surface area contributed by atoms with Crippen LogP contribution in [0.1, 0.15) is 25.0 Å². The van der Waals surface area contributed by atoms with Crippen LogP contribution in [0, 0.1) is 6.92 Å². The monoisotopic (exact) mass is 478 g/mol. The molecule has 0 saturated carbocycles. The van der Waals surface area contributed by atoms with E-state index in [9.17, 15) is 18.0 Å². The summed E-state index contributed by atoms with van der Waals surface area (Å²) in [7, 11) is -3.99. The van der Waals surface area contributed by atoms with Gasteiger partial charge in [-0.2, -0.15) is 5.10 Å². The highest BCUT2D eigenvalue weighted by Crippen LogP contribution is 2.24. The van der Waals surface area contributed by atoms with E-state index < -0.39 is 22.5 Å². The van der Waals surface area contributed by atoms with E-state index in [1.165, 1.54) is 19.1 Å². The van der Waals surface area contributed by atoms with Crippen molar-refractivity contribution in [2.75, 3.05) is 16.2 Å². The van der Waals surface area contributed by atoms with Gasteiger partial charge in [-0.15, -0.1) is 0 Å². The summed E-state index contributed by atoms with van der Waals surface area (Å²) in [6.45, 7) is 4.51. The zero-order valence-corrected chi connectivity index (χ0v) is 20.0. The van der Waals surface area contributed by atoms with Gasteiger partial charge in [-0.05, 0) is 61.4 Å². The van der Waals surface area contributed by atoms with E-state index in [0.29, 0.717) is 22.6 Å². The Hall–Kier alpha value is -3.98. The number of carbonyl (C=O) groups excluding carboxylic acids is 2. The molecule has 0 bridgehead atoms. The second-order valence-electron chi connectivity index (χ2n) is 7.66. The average molecular weight is 479 g/mol. The molecule has 9 heteroatoms. The van der Waals surface area contributed by atoms with Crippen molar-refractivity contribution in [2.24, 2.45) is 5.10 Å². The molecule has 3 aromatic rings. The Kier molecular flexibility index (Phi) is 7.80. The van der Waals surface area contributed by atoms with Crippen LogP contribution in [0.4, 0.5) is 11.4 Å². The summed E-state index contributed by atoms with van der Waals surface area (Å²) in [5.74, 6) is -0.797. The number of amides is 2. The summed E-state index contributed by atoms with van der Waals surface area (Å²) in [5, 5.41) is 6.81. The van der Waals surface area contributed by atoms with Crippen molar-refractivity contribution in [3.8, 4) is 0 Å². The van der Waals surface area contributed by atoms with E-state index in [4.69, 9.17) is 0 Å². The van der Waals surface area contributed by atoms with Crippen molar-refractivity contribution < 1.29 is 18.0 Å². The topological polar surface area (TPSA) is 108 Å². The molecule has 0 heterocycles. The number of sulfonamides is 1. The van der Waals surface area contributed by atoms with Gasteiger partial charge in [0, 0.05) is 12.6 Å². The molecule has 3 aromatic carbocycles. The first kappa shape index (κ1) is 24.7. The highest BCUT2D eigenvalue weighted by Gasteiger charge is 2.27. The first-order valence-electron chi connectivity index (χ1n) is 10.5. The molecule has 2 amide bonds. The maximum Gasteiger partial charge on any atom is 0.264 e. The maximum atomic E-state index is 13.3. The number of aryl methyl sites for hydroxylation is 1. The van der Waals surface area contributed by atoms with Crippen LogP contribution in [0.25, 0.3) is 0 Å². The van der Waals surface area contributed by atoms with Crippen LogP contribution < -0.4 is 15.0 Å². The molecule has 0 unspecified atom stereocenters. The third kappa shape index (κ3) is 6.29. The fraction of sp³-hybridized carbons (Fsp3) is 0.160. The standard InChI is InChI=1S/C25H26N4O4S/c1-18-9-7-12-23(15-18)29(34(32,33)24-13-5-4-6-14-24)17-25(31)28-27-19(2)21-10-8-11-22(16-21)26-20(3)30/h4-16H,17H2,1-3H3,(H,26,30)(H,28,31)/b27-19-. The zero-order chi connectivity index (χ0) is 24.7. The van der Waals surface area contributed by atoms with Gasteiger partial charge in [0.2, 0.25) is 5.91 Å². The number of hydrogen-bond donors (Lipinski definition) is 2. The lowest BCUT2D eigenvalue weighted by Gasteiger charge is -2.24. The number of nitrogens with one attached hydrogen (secondary N) is 2. The van der Waals surface area contributed by atoms with Gasteiger partial charge >= 0.3 is 0 Å². The molecule has 0 saturated heterocycles. The molecule has 176 valence electrons. The second kappa shape index (κ2) is 10.8. The Balaban J connectivity index is 1.83. The van der Waals surface area contributed by atoms with E-state index in [0.717, 1.165) is 9.87 Å². The number of hydrazone groups is 1. The van der Waals surface area contributed by atoms with Crippen LogP contribution in [-0.2, 0) is 19.6 Å². The molecule has 0 aromatic heterocycles. The van der Waals surface area contributed by atoms with Gasteiger partial charge in [0.15, 0.2) is 0 Å². The quantitative estimate of drug-likeness (QED) is 0.380. The second-order valence-corrected chi connectivity index (χ2v) is 9.52. The number of anilines is 2. The summed E-state index contributed by atoms with van der Waals surface area (Å²) >= 11 is 0. The molecule has 0 radical (unpaired) electrons. The SMILES string of the molecule is CC(=O)Nc1cccc(/C(C)=N\NC(=O)CN(c2cccc(C)c2)S(=O)(=O)c2ccccc2)c1. The number of nitrogens with zero attached hydrogens (tertiary/aromatic N) is 2. The molecule has 0 fully saturated rings. The molecular weight excluding hydrogens is 452 g/mol. The van der Waals surface area contributed by atoms with Crippen LogP contribution in [0.3, 0.4) is 0 Å². The lowest BCUT2D eigenvalue weighted by molar-refractivity contribution is -0.119. The highest BCUT2D eigenvalue weighted by molar-refractivity contribution is 7.92. The minimum absolute atomic E-state index is 0.0822. The van der Waals surface area contributed by atoms with Gasteiger partial charge in [-0.1, -0.05) is 42.5 Å². The Morgan fingerprint density at radius 3 is 2.29 bits per heavy atom. The van der Waals surface area contributed by atoms with E-state index in [1.54, 1.807) is 67.6 Å². The molecule has 0 spiro atoms. The summed E-state index contributed by atoms with van der Waals surface area (Å²) in [6, 6.07) is 21.9. The fourth-order valence-electron chi connectivity index (χ4n) is 3.22. The molecular formula is C25H26N4O4S. The molecule has 0 aliphatic heterocycles. The van der Waals surface area contributed by atoms with Crippen LogP contribution in [0.5, 0.6) is 0 Å². The lowest BCUT2D eigenvalue weighted by Crippen LogP contribution is -2.39. The molecule has 3 rings (SSSR count). The lowest BCUT2D eigenvalue weighted by atomic mass is 10.1. The molecule has 0 atom stereocenters. The van der Waals surface area contributed by atoms with Gasteiger partial charge in [0.05, 0.1) is 16.3 Å². The van der Waals surface area contributed by atoms with Gasteiger partial charge in [0.25, 0.3) is 15.9 Å². The molecule has 8 nitrogen and oxygen atoms in total. The van der Waals surface area contributed by atoms with Crippen molar-refractivity contribution in [1.82, 2.24) is 5.43 Å².